The lowest BCUT2D eigenvalue weighted by Gasteiger charge is -2.27. The highest BCUT2D eigenvalue weighted by Crippen LogP contribution is 2.50. The van der Waals surface area contributed by atoms with E-state index in [1.54, 1.807) is 6.92 Å². The van der Waals surface area contributed by atoms with Crippen molar-refractivity contribution in [3.05, 3.63) is 22.7 Å². The molecule has 1 saturated heterocycles. The summed E-state index contributed by atoms with van der Waals surface area (Å²) < 4.78 is 30.3. The van der Waals surface area contributed by atoms with E-state index >= 15 is 0 Å². The van der Waals surface area contributed by atoms with Gasteiger partial charge in [-0.05, 0) is 31.2 Å². The molecule has 0 saturated carbocycles. The number of rotatable bonds is 7. The average Bonchev–Trinajstić information content (AvgIpc) is 2.86. The van der Waals surface area contributed by atoms with Crippen LogP contribution in [0.1, 0.15) is 60.1 Å². The maximum atomic E-state index is 12.4. The highest BCUT2D eigenvalue weighted by Gasteiger charge is 2.43. The zero-order chi connectivity index (χ0) is 20.4. The molecule has 0 spiro atoms. The molecule has 1 fully saturated rings. The number of anilines is 1. The van der Waals surface area contributed by atoms with Gasteiger partial charge in [0.2, 0.25) is 0 Å². The molecule has 3 unspecified atom stereocenters. The number of hydrogen-bond acceptors (Lipinski definition) is 7. The standard InChI is InChI=1S/C17H30N3O6P/c1-6-11(2)25-27(22,23)26-12-9-15(24-13(12)10-17(3,4)5)20-8-7-14(18)19-16(20)21/h7-8,11-13,15H,6,9-10H2,1-5H3,(H,22,23)(H2,18,19,21)/t11?,12?,13-,15-/m1/s1. The first-order valence-corrected chi connectivity index (χ1v) is 10.6. The van der Waals surface area contributed by atoms with Crippen LogP contribution in [0.3, 0.4) is 0 Å². The van der Waals surface area contributed by atoms with Crippen molar-refractivity contribution in [2.24, 2.45) is 5.41 Å². The normalized spacial score (nSPS) is 26.7. The minimum atomic E-state index is -4.26. The number of aromatic nitrogens is 2. The van der Waals surface area contributed by atoms with Crippen LogP contribution in [-0.4, -0.2) is 32.8 Å². The molecule has 0 radical (unpaired) electrons. The van der Waals surface area contributed by atoms with Crippen LogP contribution in [0.15, 0.2) is 17.1 Å². The van der Waals surface area contributed by atoms with Crippen LogP contribution in [0, 0.1) is 5.41 Å². The number of phosphoric ester groups is 1. The first kappa shape index (κ1) is 22.0. The van der Waals surface area contributed by atoms with Crippen molar-refractivity contribution in [1.82, 2.24) is 9.55 Å². The number of nitrogens with zero attached hydrogens (tertiary/aromatic N) is 2. The van der Waals surface area contributed by atoms with Gasteiger partial charge in [-0.15, -0.1) is 0 Å². The zero-order valence-electron chi connectivity index (χ0n) is 16.5. The number of nitrogen functional groups attached to an aromatic ring is 1. The van der Waals surface area contributed by atoms with Crippen molar-refractivity contribution in [3.8, 4) is 0 Å². The molecule has 1 aliphatic rings. The Labute approximate surface area is 159 Å². The highest BCUT2D eigenvalue weighted by atomic mass is 31.2. The number of ether oxygens (including phenoxy) is 1. The summed E-state index contributed by atoms with van der Waals surface area (Å²) in [5.74, 6) is 0.120. The van der Waals surface area contributed by atoms with Crippen LogP contribution >= 0.6 is 7.82 Å². The Morgan fingerprint density at radius 2 is 2.19 bits per heavy atom. The number of nitrogens with two attached hydrogens (primary N) is 1. The summed E-state index contributed by atoms with van der Waals surface area (Å²) in [5.41, 5.74) is 4.88. The molecule has 1 aliphatic heterocycles. The van der Waals surface area contributed by atoms with Crippen molar-refractivity contribution < 1.29 is 23.2 Å². The van der Waals surface area contributed by atoms with Crippen molar-refractivity contribution in [2.75, 3.05) is 5.73 Å². The van der Waals surface area contributed by atoms with E-state index in [1.165, 1.54) is 16.8 Å². The van der Waals surface area contributed by atoms with Crippen LogP contribution < -0.4 is 11.4 Å². The third kappa shape index (κ3) is 6.40. The minimum absolute atomic E-state index is 0.109. The summed E-state index contributed by atoms with van der Waals surface area (Å²) in [6.07, 6.45) is 0.639. The van der Waals surface area contributed by atoms with E-state index in [1.807, 2.05) is 27.7 Å². The first-order chi connectivity index (χ1) is 12.4. The Bertz CT molecular complexity index is 747. The van der Waals surface area contributed by atoms with Crippen LogP contribution in [0.5, 0.6) is 0 Å². The zero-order valence-corrected chi connectivity index (χ0v) is 17.4. The summed E-state index contributed by atoms with van der Waals surface area (Å²) in [6, 6.07) is 1.50. The maximum Gasteiger partial charge on any atom is 0.472 e. The summed E-state index contributed by atoms with van der Waals surface area (Å²) in [7, 11) is -4.26. The van der Waals surface area contributed by atoms with Crippen molar-refractivity contribution in [3.63, 3.8) is 0 Å². The topological polar surface area (TPSA) is 126 Å². The fourth-order valence-electron chi connectivity index (χ4n) is 2.91. The summed E-state index contributed by atoms with van der Waals surface area (Å²) >= 11 is 0. The van der Waals surface area contributed by atoms with Gasteiger partial charge >= 0.3 is 13.5 Å². The largest absolute Gasteiger partial charge is 0.472 e. The maximum absolute atomic E-state index is 12.4. The Hall–Kier alpha value is -1.25. The van der Waals surface area contributed by atoms with Gasteiger partial charge in [0, 0.05) is 12.6 Å². The van der Waals surface area contributed by atoms with Gasteiger partial charge in [0.15, 0.2) is 0 Å². The van der Waals surface area contributed by atoms with E-state index in [2.05, 4.69) is 4.98 Å². The number of phosphoric acid groups is 1. The van der Waals surface area contributed by atoms with E-state index in [4.69, 9.17) is 19.5 Å². The molecule has 3 N–H and O–H groups in total. The van der Waals surface area contributed by atoms with Crippen molar-refractivity contribution in [2.45, 2.75) is 78.4 Å². The molecule has 2 heterocycles. The lowest BCUT2D eigenvalue weighted by Crippen LogP contribution is -2.29. The molecule has 2 rings (SSSR count). The van der Waals surface area contributed by atoms with Gasteiger partial charge in [0.05, 0.1) is 18.3 Å². The third-order valence-corrected chi connectivity index (χ3v) is 5.48. The second-order valence-electron chi connectivity index (χ2n) is 8.11. The molecule has 0 bridgehead atoms. The fraction of sp³-hybridized carbons (Fsp3) is 0.765. The molecule has 5 atom stereocenters. The molecule has 27 heavy (non-hydrogen) atoms. The van der Waals surface area contributed by atoms with Gasteiger partial charge in [-0.1, -0.05) is 27.7 Å². The van der Waals surface area contributed by atoms with Gasteiger partial charge in [-0.2, -0.15) is 4.98 Å². The van der Waals surface area contributed by atoms with Crippen LogP contribution in [0.2, 0.25) is 0 Å². The average molecular weight is 403 g/mol. The predicted octanol–water partition coefficient (Wildman–Crippen LogP) is 2.85. The van der Waals surface area contributed by atoms with Crippen LogP contribution in [0.4, 0.5) is 5.82 Å². The SMILES string of the molecule is CCC(C)OP(=O)(O)OC1C[C@H](n2ccc(N)nc2=O)O[C@@H]1CC(C)(C)C. The molecule has 0 aliphatic carbocycles. The molecule has 10 heteroatoms. The monoisotopic (exact) mass is 403 g/mol. The van der Waals surface area contributed by atoms with Gasteiger partial charge in [0.1, 0.15) is 12.0 Å². The van der Waals surface area contributed by atoms with Crippen molar-refractivity contribution >= 4 is 13.6 Å². The van der Waals surface area contributed by atoms with Gasteiger partial charge in [-0.3, -0.25) is 13.6 Å². The Morgan fingerprint density at radius 1 is 1.52 bits per heavy atom. The molecule has 9 nitrogen and oxygen atoms in total. The van der Waals surface area contributed by atoms with Gasteiger partial charge in [0.25, 0.3) is 0 Å². The quantitative estimate of drug-likeness (QED) is 0.666. The lowest BCUT2D eigenvalue weighted by molar-refractivity contribution is -0.0402. The molecule has 0 aromatic carbocycles. The summed E-state index contributed by atoms with van der Waals surface area (Å²) in [6.45, 7) is 9.65. The van der Waals surface area contributed by atoms with Gasteiger partial charge in [-0.25, -0.2) is 9.36 Å². The van der Waals surface area contributed by atoms with E-state index < -0.39 is 38.1 Å². The number of hydrogen-bond donors (Lipinski definition) is 2. The first-order valence-electron chi connectivity index (χ1n) is 9.10. The fourth-order valence-corrected chi connectivity index (χ4v) is 4.13. The Kier molecular flexibility index (Phi) is 6.86. The lowest BCUT2D eigenvalue weighted by atomic mass is 9.87. The molecule has 1 aromatic rings. The molecule has 1 aromatic heterocycles. The molecular weight excluding hydrogens is 373 g/mol. The summed E-state index contributed by atoms with van der Waals surface area (Å²) in [5, 5.41) is 0. The second kappa shape index (κ2) is 8.41. The van der Waals surface area contributed by atoms with E-state index in [0.717, 1.165) is 0 Å². The van der Waals surface area contributed by atoms with E-state index in [0.29, 0.717) is 12.8 Å². The Morgan fingerprint density at radius 3 is 2.74 bits per heavy atom. The molecular formula is C17H30N3O6P. The van der Waals surface area contributed by atoms with E-state index in [-0.39, 0.29) is 17.7 Å². The third-order valence-electron chi connectivity index (χ3n) is 4.31. The van der Waals surface area contributed by atoms with Crippen LogP contribution in [0.25, 0.3) is 0 Å². The van der Waals surface area contributed by atoms with E-state index in [9.17, 15) is 14.3 Å². The molecule has 0 amide bonds. The Balaban J connectivity index is 2.22. The van der Waals surface area contributed by atoms with Gasteiger partial charge < -0.3 is 15.4 Å². The minimum Gasteiger partial charge on any atom is -0.383 e. The van der Waals surface area contributed by atoms with Crippen molar-refractivity contribution in [1.29, 1.82) is 0 Å². The summed E-state index contributed by atoms with van der Waals surface area (Å²) in [4.78, 5) is 25.9. The predicted molar refractivity (Wildman–Crippen MR) is 101 cm³/mol. The smallest absolute Gasteiger partial charge is 0.383 e. The second-order valence-corrected chi connectivity index (χ2v) is 9.47. The molecule has 154 valence electrons. The van der Waals surface area contributed by atoms with Crippen LogP contribution in [-0.2, 0) is 18.3 Å². The highest BCUT2D eigenvalue weighted by molar-refractivity contribution is 7.47.